The van der Waals surface area contributed by atoms with E-state index >= 15 is 0 Å². The number of rotatable bonds is 5. The van der Waals surface area contributed by atoms with Crippen LogP contribution in [0.1, 0.15) is 11.8 Å². The summed E-state index contributed by atoms with van der Waals surface area (Å²) in [6, 6.07) is 6.25. The molecule has 14 heavy (non-hydrogen) atoms. The smallest absolute Gasteiger partial charge is 0.228 e. The van der Waals surface area contributed by atoms with Crippen molar-refractivity contribution in [2.24, 2.45) is 5.73 Å². The van der Waals surface area contributed by atoms with Gasteiger partial charge in [-0.15, -0.1) is 0 Å². The summed E-state index contributed by atoms with van der Waals surface area (Å²) in [6.45, 7) is -1.82. The zero-order chi connectivity index (χ0) is 10.4. The van der Waals surface area contributed by atoms with Gasteiger partial charge < -0.3 is 15.2 Å². The number of hydrogen-bond acceptors (Lipinski definition) is 3. The molecule has 0 aliphatic heterocycles. The second kappa shape index (κ2) is 5.51. The van der Waals surface area contributed by atoms with Gasteiger partial charge >= 0.3 is 0 Å². The zero-order valence-corrected chi connectivity index (χ0v) is 7.45. The Morgan fingerprint density at radius 1 is 1.14 bits per heavy atom. The van der Waals surface area contributed by atoms with E-state index in [0.717, 1.165) is 0 Å². The molecular weight excluding hydrogens is 192 g/mol. The molecule has 0 saturated carbocycles. The first-order valence-electron chi connectivity index (χ1n) is 4.00. The maximum absolute atomic E-state index is 11.8. The lowest BCUT2D eigenvalue weighted by Gasteiger charge is -2.10. The molecule has 78 valence electrons. The molecular formula is C9H11F2NO2. The fraction of sp³-hybridized carbons (Fsp3) is 0.333. The number of benzene rings is 1. The van der Waals surface area contributed by atoms with Gasteiger partial charge in [-0.25, -0.2) is 8.78 Å². The molecule has 0 amide bonds. The Bertz CT molecular complexity index is 266. The van der Waals surface area contributed by atoms with Crippen LogP contribution in [0.25, 0.3) is 0 Å². The lowest BCUT2D eigenvalue weighted by Crippen LogP contribution is -2.13. The Kier molecular flexibility index (Phi) is 4.28. The molecule has 5 heteroatoms. The fourth-order valence-corrected chi connectivity index (χ4v) is 0.981. The number of nitrogens with two attached hydrogens (primary N) is 1. The molecule has 0 radical (unpaired) electrons. The predicted molar refractivity (Wildman–Crippen MR) is 47.0 cm³/mol. The van der Waals surface area contributed by atoms with E-state index in [4.69, 9.17) is 5.73 Å². The molecule has 1 aromatic rings. The molecule has 1 unspecified atom stereocenters. The van der Waals surface area contributed by atoms with Gasteiger partial charge in [0.15, 0.2) is 6.86 Å². The van der Waals surface area contributed by atoms with E-state index in [-0.39, 0.29) is 0 Å². The van der Waals surface area contributed by atoms with Crippen LogP contribution in [0.4, 0.5) is 8.78 Å². The van der Waals surface area contributed by atoms with Gasteiger partial charge in [-0.05, 0) is 17.7 Å². The van der Waals surface area contributed by atoms with Crippen LogP contribution in [0.15, 0.2) is 24.3 Å². The van der Waals surface area contributed by atoms with Crippen LogP contribution in [0.5, 0.6) is 5.75 Å². The average molecular weight is 203 g/mol. The maximum Gasteiger partial charge on any atom is 0.228 e. The van der Waals surface area contributed by atoms with Crippen LogP contribution in [0.2, 0.25) is 0 Å². The van der Waals surface area contributed by atoms with Crippen LogP contribution in [-0.4, -0.2) is 13.7 Å². The Morgan fingerprint density at radius 3 is 2.29 bits per heavy atom. The van der Waals surface area contributed by atoms with Crippen LogP contribution < -0.4 is 10.5 Å². The molecule has 0 saturated heterocycles. The lowest BCUT2D eigenvalue weighted by molar-refractivity contribution is -0.00231. The van der Waals surface area contributed by atoms with Gasteiger partial charge in [0.1, 0.15) is 12.0 Å². The second-order valence-electron chi connectivity index (χ2n) is 2.52. The molecule has 0 aliphatic carbocycles. The number of hydrogen-bond donors (Lipinski definition) is 1. The molecule has 0 heterocycles. The Labute approximate surface area is 80.4 Å². The first kappa shape index (κ1) is 10.9. The van der Waals surface area contributed by atoms with Crippen molar-refractivity contribution in [3.8, 4) is 5.75 Å². The summed E-state index contributed by atoms with van der Waals surface area (Å²) >= 11 is 0. The van der Waals surface area contributed by atoms with Crippen LogP contribution in [-0.2, 0) is 4.74 Å². The topological polar surface area (TPSA) is 44.5 Å². The SMILES string of the molecule is NC(OCF)c1ccc(OCF)cc1. The van der Waals surface area contributed by atoms with Crippen molar-refractivity contribution in [3.63, 3.8) is 0 Å². The van der Waals surface area contributed by atoms with E-state index in [9.17, 15) is 8.78 Å². The highest BCUT2D eigenvalue weighted by Gasteiger charge is 2.05. The summed E-state index contributed by atoms with van der Waals surface area (Å²) in [5.74, 6) is 0.392. The van der Waals surface area contributed by atoms with Crippen molar-refractivity contribution in [1.29, 1.82) is 0 Å². The normalized spacial score (nSPS) is 12.5. The van der Waals surface area contributed by atoms with Crippen LogP contribution >= 0.6 is 0 Å². The van der Waals surface area contributed by atoms with E-state index in [0.29, 0.717) is 11.3 Å². The summed E-state index contributed by atoms with van der Waals surface area (Å²) in [5, 5.41) is 0. The van der Waals surface area contributed by atoms with E-state index in [1.165, 1.54) is 12.1 Å². The highest BCUT2D eigenvalue weighted by atomic mass is 19.1. The quantitative estimate of drug-likeness (QED) is 0.743. The summed E-state index contributed by atoms with van der Waals surface area (Å²) in [5.41, 5.74) is 6.06. The zero-order valence-electron chi connectivity index (χ0n) is 7.45. The first-order chi connectivity index (χ1) is 6.77. The van der Waals surface area contributed by atoms with Gasteiger partial charge in [-0.3, -0.25) is 0 Å². The van der Waals surface area contributed by atoms with Gasteiger partial charge in [0, 0.05) is 0 Å². The predicted octanol–water partition coefficient (Wildman–Crippen LogP) is 1.89. The largest absolute Gasteiger partial charge is 0.463 e. The van der Waals surface area contributed by atoms with Gasteiger partial charge in [0.05, 0.1) is 0 Å². The minimum atomic E-state index is -0.941. The lowest BCUT2D eigenvalue weighted by atomic mass is 10.2. The van der Waals surface area contributed by atoms with Gasteiger partial charge in [-0.1, -0.05) is 12.1 Å². The maximum atomic E-state index is 11.8. The number of alkyl halides is 2. The highest BCUT2D eigenvalue weighted by molar-refractivity contribution is 5.28. The average Bonchev–Trinajstić information content (AvgIpc) is 2.20. The summed E-state index contributed by atoms with van der Waals surface area (Å²) < 4.78 is 32.6. The van der Waals surface area contributed by atoms with Crippen molar-refractivity contribution in [2.75, 3.05) is 13.7 Å². The third kappa shape index (κ3) is 2.93. The van der Waals surface area contributed by atoms with Crippen LogP contribution in [0, 0.1) is 0 Å². The molecule has 1 atom stereocenters. The minimum absolute atomic E-state index is 0.392. The molecule has 2 N–H and O–H groups in total. The van der Waals surface area contributed by atoms with Gasteiger partial charge in [-0.2, -0.15) is 0 Å². The second-order valence-corrected chi connectivity index (χ2v) is 2.52. The van der Waals surface area contributed by atoms with Crippen molar-refractivity contribution >= 4 is 0 Å². The Balaban J connectivity index is 2.62. The van der Waals surface area contributed by atoms with Crippen molar-refractivity contribution in [2.45, 2.75) is 6.23 Å². The summed E-state index contributed by atoms with van der Waals surface area (Å²) in [6.07, 6.45) is -0.806. The minimum Gasteiger partial charge on any atom is -0.463 e. The highest BCUT2D eigenvalue weighted by Crippen LogP contribution is 2.17. The molecule has 0 bridgehead atoms. The molecule has 3 nitrogen and oxygen atoms in total. The van der Waals surface area contributed by atoms with E-state index in [1.54, 1.807) is 12.1 Å². The van der Waals surface area contributed by atoms with E-state index < -0.39 is 19.9 Å². The number of halogens is 2. The summed E-state index contributed by atoms with van der Waals surface area (Å²) in [7, 11) is 0. The molecule has 0 fully saturated rings. The summed E-state index contributed by atoms with van der Waals surface area (Å²) in [4.78, 5) is 0. The molecule has 0 aliphatic rings. The molecule has 1 rings (SSSR count). The Hall–Kier alpha value is -1.20. The van der Waals surface area contributed by atoms with E-state index in [1.807, 2.05) is 0 Å². The fourth-order valence-electron chi connectivity index (χ4n) is 0.981. The van der Waals surface area contributed by atoms with Crippen molar-refractivity contribution in [1.82, 2.24) is 0 Å². The van der Waals surface area contributed by atoms with Gasteiger partial charge in [0.2, 0.25) is 6.86 Å². The molecule has 1 aromatic carbocycles. The van der Waals surface area contributed by atoms with Crippen LogP contribution in [0.3, 0.4) is 0 Å². The monoisotopic (exact) mass is 203 g/mol. The third-order valence-electron chi connectivity index (χ3n) is 1.67. The van der Waals surface area contributed by atoms with Crippen molar-refractivity contribution < 1.29 is 18.3 Å². The third-order valence-corrected chi connectivity index (χ3v) is 1.67. The van der Waals surface area contributed by atoms with E-state index in [2.05, 4.69) is 9.47 Å². The molecule has 0 aromatic heterocycles. The first-order valence-corrected chi connectivity index (χ1v) is 4.00. The van der Waals surface area contributed by atoms with Gasteiger partial charge in [0.25, 0.3) is 0 Å². The van der Waals surface area contributed by atoms with Crippen molar-refractivity contribution in [3.05, 3.63) is 29.8 Å². The standard InChI is InChI=1S/C9H11F2NO2/c10-5-13-8-3-1-7(2-4-8)9(12)14-6-11/h1-4,9H,5-6,12H2. The number of ether oxygens (including phenoxy) is 2. The Morgan fingerprint density at radius 2 is 1.79 bits per heavy atom. The molecule has 0 spiro atoms.